The van der Waals surface area contributed by atoms with Gasteiger partial charge in [0.1, 0.15) is 6.61 Å². The van der Waals surface area contributed by atoms with Gasteiger partial charge >= 0.3 is 6.09 Å². The number of amides is 1. The van der Waals surface area contributed by atoms with Gasteiger partial charge in [-0.15, -0.1) is 0 Å². The molecule has 2 N–H and O–H groups in total. The number of alkyl carbamates (subject to hydrolysis) is 1. The first kappa shape index (κ1) is 9.32. The Balaban J connectivity index is 2.02. The van der Waals surface area contributed by atoms with Gasteiger partial charge in [0.2, 0.25) is 0 Å². The van der Waals surface area contributed by atoms with Crippen molar-refractivity contribution in [2.45, 2.75) is 19.8 Å². The van der Waals surface area contributed by atoms with E-state index in [1.165, 1.54) is 12.8 Å². The summed E-state index contributed by atoms with van der Waals surface area (Å²) in [6.07, 6.45) is 1.91. The minimum atomic E-state index is -0.433. The van der Waals surface area contributed by atoms with Gasteiger partial charge in [0.15, 0.2) is 0 Å². The largest absolute Gasteiger partial charge is 0.447 e. The number of carbonyl (C=O) groups excluding carboxylic acids is 1. The molecule has 1 rings (SSSR count). The van der Waals surface area contributed by atoms with E-state index in [0.717, 1.165) is 0 Å². The second-order valence-corrected chi connectivity index (χ2v) is 3.52. The van der Waals surface area contributed by atoms with E-state index in [4.69, 9.17) is 5.11 Å². The fraction of sp³-hybridized carbons (Fsp3) is 0.875. The fourth-order valence-electron chi connectivity index (χ4n) is 0.865. The molecular formula is C8H15NO3. The smallest absolute Gasteiger partial charge is 0.407 e. The molecule has 0 spiro atoms. The molecule has 1 aliphatic rings. The lowest BCUT2D eigenvalue weighted by Gasteiger charge is -2.09. The van der Waals surface area contributed by atoms with Crippen LogP contribution in [0.5, 0.6) is 0 Å². The Bertz CT molecular complexity index is 166. The van der Waals surface area contributed by atoms with Crippen molar-refractivity contribution in [2.75, 3.05) is 19.8 Å². The highest BCUT2D eigenvalue weighted by atomic mass is 16.6. The summed E-state index contributed by atoms with van der Waals surface area (Å²) in [5.41, 5.74) is 0.304. The quantitative estimate of drug-likeness (QED) is 0.651. The molecule has 1 aliphatic carbocycles. The lowest BCUT2D eigenvalue weighted by Crippen LogP contribution is -2.30. The monoisotopic (exact) mass is 173 g/mol. The summed E-state index contributed by atoms with van der Waals surface area (Å²) in [4.78, 5) is 10.8. The third-order valence-electron chi connectivity index (χ3n) is 2.09. The summed E-state index contributed by atoms with van der Waals surface area (Å²) in [7, 11) is 0. The lowest BCUT2D eigenvalue weighted by atomic mass is 10.1. The minimum Gasteiger partial charge on any atom is -0.447 e. The van der Waals surface area contributed by atoms with Gasteiger partial charge in [-0.25, -0.2) is 4.79 Å². The molecule has 0 aromatic heterocycles. The average molecular weight is 173 g/mol. The Morgan fingerprint density at radius 2 is 2.33 bits per heavy atom. The highest BCUT2D eigenvalue weighted by molar-refractivity contribution is 5.67. The van der Waals surface area contributed by atoms with Gasteiger partial charge in [-0.05, 0) is 18.3 Å². The van der Waals surface area contributed by atoms with E-state index in [-0.39, 0.29) is 13.2 Å². The van der Waals surface area contributed by atoms with Gasteiger partial charge in [0.05, 0.1) is 6.61 Å². The zero-order valence-electron chi connectivity index (χ0n) is 7.30. The van der Waals surface area contributed by atoms with Crippen LogP contribution in [0.25, 0.3) is 0 Å². The van der Waals surface area contributed by atoms with Crippen LogP contribution < -0.4 is 5.32 Å². The highest BCUT2D eigenvalue weighted by Crippen LogP contribution is 2.43. The summed E-state index contributed by atoms with van der Waals surface area (Å²) < 4.78 is 4.61. The number of ether oxygens (including phenoxy) is 1. The molecule has 0 radical (unpaired) electrons. The molecule has 0 aliphatic heterocycles. The Kier molecular flexibility index (Phi) is 2.92. The second-order valence-electron chi connectivity index (χ2n) is 3.52. The molecule has 12 heavy (non-hydrogen) atoms. The molecule has 1 amide bonds. The first-order valence-electron chi connectivity index (χ1n) is 4.18. The SMILES string of the molecule is CC1(CNC(=O)OCCO)CC1. The van der Waals surface area contributed by atoms with Crippen LogP contribution in [-0.2, 0) is 4.74 Å². The van der Waals surface area contributed by atoms with Gasteiger partial charge in [-0.3, -0.25) is 0 Å². The third kappa shape index (κ3) is 3.09. The number of aliphatic hydroxyl groups is 1. The van der Waals surface area contributed by atoms with E-state index in [0.29, 0.717) is 12.0 Å². The van der Waals surface area contributed by atoms with Crippen LogP contribution in [0.4, 0.5) is 4.79 Å². The molecule has 0 aromatic carbocycles. The van der Waals surface area contributed by atoms with Crippen LogP contribution in [0.2, 0.25) is 0 Å². The zero-order chi connectivity index (χ0) is 9.03. The van der Waals surface area contributed by atoms with Crippen LogP contribution in [0, 0.1) is 5.41 Å². The first-order chi connectivity index (χ1) is 5.66. The third-order valence-corrected chi connectivity index (χ3v) is 2.09. The van der Waals surface area contributed by atoms with Gasteiger partial charge in [-0.2, -0.15) is 0 Å². The van der Waals surface area contributed by atoms with Crippen molar-refractivity contribution in [3.63, 3.8) is 0 Å². The van der Waals surface area contributed by atoms with Gasteiger partial charge in [-0.1, -0.05) is 6.92 Å². The number of hydrogen-bond acceptors (Lipinski definition) is 3. The summed E-state index contributed by atoms with van der Waals surface area (Å²) in [5, 5.41) is 11.0. The van der Waals surface area contributed by atoms with Crippen LogP contribution in [0.15, 0.2) is 0 Å². The molecule has 4 nitrogen and oxygen atoms in total. The molecule has 1 saturated carbocycles. The highest BCUT2D eigenvalue weighted by Gasteiger charge is 2.37. The Labute approximate surface area is 71.9 Å². The molecule has 0 atom stereocenters. The van der Waals surface area contributed by atoms with Crippen molar-refractivity contribution in [3.05, 3.63) is 0 Å². The van der Waals surface area contributed by atoms with Crippen LogP contribution in [0.1, 0.15) is 19.8 Å². The minimum absolute atomic E-state index is 0.0720. The summed E-state index contributed by atoms with van der Waals surface area (Å²) in [6, 6.07) is 0. The molecular weight excluding hydrogens is 158 g/mol. The summed E-state index contributed by atoms with van der Waals surface area (Å²) >= 11 is 0. The Morgan fingerprint density at radius 1 is 1.67 bits per heavy atom. The van der Waals surface area contributed by atoms with Gasteiger partial charge < -0.3 is 15.2 Å². The van der Waals surface area contributed by atoms with E-state index >= 15 is 0 Å². The lowest BCUT2D eigenvalue weighted by molar-refractivity contribution is 0.118. The number of carbonyl (C=O) groups is 1. The van der Waals surface area contributed by atoms with E-state index in [2.05, 4.69) is 17.0 Å². The Morgan fingerprint density at radius 3 is 2.83 bits per heavy atom. The standard InChI is InChI=1S/C8H15NO3/c1-8(2-3-8)6-9-7(11)12-5-4-10/h10H,2-6H2,1H3,(H,9,11). The molecule has 0 aromatic rings. The van der Waals surface area contributed by atoms with Crippen LogP contribution in [0.3, 0.4) is 0 Å². The maximum Gasteiger partial charge on any atom is 0.407 e. The number of nitrogens with one attached hydrogen (secondary N) is 1. The van der Waals surface area contributed by atoms with Crippen molar-refractivity contribution in [1.82, 2.24) is 5.32 Å². The van der Waals surface area contributed by atoms with E-state index in [9.17, 15) is 4.79 Å². The normalized spacial score (nSPS) is 18.5. The van der Waals surface area contributed by atoms with E-state index in [1.807, 2.05) is 0 Å². The molecule has 70 valence electrons. The number of hydrogen-bond donors (Lipinski definition) is 2. The molecule has 0 bridgehead atoms. The van der Waals surface area contributed by atoms with Crippen LogP contribution >= 0.6 is 0 Å². The topological polar surface area (TPSA) is 58.6 Å². The van der Waals surface area contributed by atoms with Crippen molar-refractivity contribution < 1.29 is 14.6 Å². The number of rotatable bonds is 4. The average Bonchev–Trinajstić information content (AvgIpc) is 2.77. The molecule has 4 heteroatoms. The molecule has 0 heterocycles. The van der Waals surface area contributed by atoms with Crippen molar-refractivity contribution >= 4 is 6.09 Å². The first-order valence-corrected chi connectivity index (χ1v) is 4.18. The van der Waals surface area contributed by atoms with Crippen molar-refractivity contribution in [2.24, 2.45) is 5.41 Å². The molecule has 0 unspecified atom stereocenters. The summed E-state index contributed by atoms with van der Waals surface area (Å²) in [6.45, 7) is 2.75. The number of aliphatic hydroxyl groups excluding tert-OH is 1. The summed E-state index contributed by atoms with van der Waals surface area (Å²) in [5.74, 6) is 0. The molecule has 0 saturated heterocycles. The maximum atomic E-state index is 10.8. The zero-order valence-corrected chi connectivity index (χ0v) is 7.30. The van der Waals surface area contributed by atoms with E-state index in [1.54, 1.807) is 0 Å². The predicted octanol–water partition coefficient (Wildman–Crippen LogP) is 0.505. The van der Waals surface area contributed by atoms with Crippen LogP contribution in [-0.4, -0.2) is 31.0 Å². The Hall–Kier alpha value is -0.770. The molecule has 1 fully saturated rings. The fourth-order valence-corrected chi connectivity index (χ4v) is 0.865. The van der Waals surface area contributed by atoms with Gasteiger partial charge in [0.25, 0.3) is 0 Å². The maximum absolute atomic E-state index is 10.8. The van der Waals surface area contributed by atoms with Crippen molar-refractivity contribution in [3.8, 4) is 0 Å². The van der Waals surface area contributed by atoms with Crippen molar-refractivity contribution in [1.29, 1.82) is 0 Å². The van der Waals surface area contributed by atoms with E-state index < -0.39 is 6.09 Å². The predicted molar refractivity (Wildman–Crippen MR) is 43.8 cm³/mol. The second kappa shape index (κ2) is 3.76. The van der Waals surface area contributed by atoms with Gasteiger partial charge in [0, 0.05) is 6.54 Å².